The van der Waals surface area contributed by atoms with Crippen molar-refractivity contribution in [3.63, 3.8) is 0 Å². The van der Waals surface area contributed by atoms with Crippen molar-refractivity contribution < 1.29 is 9.47 Å². The monoisotopic (exact) mass is 441 g/mol. The van der Waals surface area contributed by atoms with Crippen molar-refractivity contribution >= 4 is 6.34 Å². The van der Waals surface area contributed by atoms with Gasteiger partial charge in [-0.3, -0.25) is 0 Å². The third-order valence-electron chi connectivity index (χ3n) is 5.78. The molecule has 7 nitrogen and oxygen atoms in total. The van der Waals surface area contributed by atoms with Crippen LogP contribution in [-0.4, -0.2) is 41.2 Å². The molecule has 0 bridgehead atoms. The number of aromatic nitrogens is 2. The van der Waals surface area contributed by atoms with Crippen LogP contribution in [0.25, 0.3) is 5.69 Å². The number of benzene rings is 2. The topological polar surface area (TPSA) is 75.7 Å². The molecule has 2 aromatic carbocycles. The van der Waals surface area contributed by atoms with Crippen molar-refractivity contribution in [3.05, 3.63) is 82.9 Å². The van der Waals surface area contributed by atoms with Crippen LogP contribution in [0.3, 0.4) is 0 Å². The molecular formula is C26H27N5O2. The lowest BCUT2D eigenvalue weighted by atomic mass is 9.84. The maximum Gasteiger partial charge on any atom is 0.237 e. The number of allylic oxidation sites excluding steroid dienone is 1. The molecule has 0 saturated heterocycles. The standard InChI is InChI=1S/C26H27N5O2/c1-5-30(6-2)17-28-25-22(16-27)24(19-12-14-21(32-4)15-13-19)23-18(3)29-31(26(23)33-25)20-10-8-7-9-11-20/h7-15,17,24H,5-6H2,1-4H3. The predicted octanol–water partition coefficient (Wildman–Crippen LogP) is 4.82. The van der Waals surface area contributed by atoms with E-state index in [4.69, 9.17) is 14.6 Å². The van der Waals surface area contributed by atoms with Gasteiger partial charge < -0.3 is 14.4 Å². The predicted molar refractivity (Wildman–Crippen MR) is 128 cm³/mol. The Bertz CT molecular complexity index is 1220. The maximum atomic E-state index is 10.2. The highest BCUT2D eigenvalue weighted by Crippen LogP contribution is 2.46. The number of nitrogens with zero attached hydrogens (tertiary/aromatic N) is 5. The van der Waals surface area contributed by atoms with Gasteiger partial charge in [-0.05, 0) is 50.6 Å². The van der Waals surface area contributed by atoms with Crippen LogP contribution >= 0.6 is 0 Å². The molecule has 0 radical (unpaired) electrons. The van der Waals surface area contributed by atoms with Gasteiger partial charge in [-0.15, -0.1) is 0 Å². The van der Waals surface area contributed by atoms with Crippen LogP contribution < -0.4 is 9.47 Å². The molecule has 7 heteroatoms. The fraction of sp³-hybridized carbons (Fsp3) is 0.269. The van der Waals surface area contributed by atoms with Gasteiger partial charge in [-0.1, -0.05) is 30.3 Å². The second-order valence-electron chi connectivity index (χ2n) is 7.66. The SMILES string of the molecule is CCN(C=NC1=C(C#N)C(c2ccc(OC)cc2)c2c(C)nn(-c3ccccc3)c2O1)CC. The van der Waals surface area contributed by atoms with Gasteiger partial charge in [-0.25, -0.2) is 9.67 Å². The van der Waals surface area contributed by atoms with Crippen molar-refractivity contribution in [2.24, 2.45) is 4.99 Å². The minimum absolute atomic E-state index is 0.287. The zero-order valence-corrected chi connectivity index (χ0v) is 19.3. The maximum absolute atomic E-state index is 10.2. The minimum atomic E-state index is -0.356. The highest BCUT2D eigenvalue weighted by molar-refractivity contribution is 5.61. The molecule has 168 valence electrons. The zero-order valence-electron chi connectivity index (χ0n) is 19.3. The Labute approximate surface area is 194 Å². The number of nitriles is 1. The average Bonchev–Trinajstić information content (AvgIpc) is 3.20. The fourth-order valence-electron chi connectivity index (χ4n) is 3.97. The quantitative estimate of drug-likeness (QED) is 0.388. The van der Waals surface area contributed by atoms with E-state index in [9.17, 15) is 5.26 Å². The van der Waals surface area contributed by atoms with Crippen LogP contribution in [0, 0.1) is 18.3 Å². The van der Waals surface area contributed by atoms with E-state index in [1.807, 2.05) is 66.4 Å². The summed E-state index contributed by atoms with van der Waals surface area (Å²) < 4.78 is 13.4. The summed E-state index contributed by atoms with van der Waals surface area (Å²) in [5.41, 5.74) is 3.94. The van der Waals surface area contributed by atoms with E-state index >= 15 is 0 Å². The van der Waals surface area contributed by atoms with Gasteiger partial charge in [0.05, 0.1) is 36.3 Å². The highest BCUT2D eigenvalue weighted by atomic mass is 16.5. The van der Waals surface area contributed by atoms with Crippen molar-refractivity contribution in [2.75, 3.05) is 20.2 Å². The van der Waals surface area contributed by atoms with Crippen molar-refractivity contribution in [2.45, 2.75) is 26.7 Å². The third-order valence-corrected chi connectivity index (χ3v) is 5.78. The summed E-state index contributed by atoms with van der Waals surface area (Å²) in [5.74, 6) is 1.26. The van der Waals surface area contributed by atoms with Gasteiger partial charge in [0, 0.05) is 13.1 Å². The third kappa shape index (κ3) is 4.20. The van der Waals surface area contributed by atoms with E-state index in [2.05, 4.69) is 24.9 Å². The molecule has 0 amide bonds. The van der Waals surface area contributed by atoms with E-state index in [1.165, 1.54) is 0 Å². The highest BCUT2D eigenvalue weighted by Gasteiger charge is 2.37. The molecule has 2 heterocycles. The molecule has 0 fully saturated rings. The molecule has 1 aliphatic heterocycles. The number of aryl methyl sites for hydroxylation is 1. The molecule has 1 atom stereocenters. The van der Waals surface area contributed by atoms with Gasteiger partial charge in [-0.2, -0.15) is 10.4 Å². The number of para-hydroxylation sites is 1. The first-order valence-electron chi connectivity index (χ1n) is 11.0. The summed E-state index contributed by atoms with van der Waals surface area (Å²) in [6.07, 6.45) is 1.73. The number of hydrogen-bond acceptors (Lipinski definition) is 5. The minimum Gasteiger partial charge on any atom is -0.497 e. The molecule has 3 aromatic rings. The van der Waals surface area contributed by atoms with Gasteiger partial charge in [0.25, 0.3) is 0 Å². The number of rotatable bonds is 7. The van der Waals surface area contributed by atoms with E-state index in [0.717, 1.165) is 41.3 Å². The largest absolute Gasteiger partial charge is 0.497 e. The van der Waals surface area contributed by atoms with Gasteiger partial charge >= 0.3 is 0 Å². The number of aliphatic imine (C=N–C) groups is 1. The van der Waals surface area contributed by atoms with Crippen molar-refractivity contribution in [1.82, 2.24) is 14.7 Å². The Morgan fingerprint density at radius 1 is 1.15 bits per heavy atom. The van der Waals surface area contributed by atoms with Crippen molar-refractivity contribution in [1.29, 1.82) is 5.26 Å². The van der Waals surface area contributed by atoms with Gasteiger partial charge in [0.1, 0.15) is 17.4 Å². The molecule has 0 spiro atoms. The van der Waals surface area contributed by atoms with E-state index < -0.39 is 0 Å². The number of hydrogen-bond donors (Lipinski definition) is 0. The lowest BCUT2D eigenvalue weighted by Gasteiger charge is -2.25. The first kappa shape index (κ1) is 22.2. The Morgan fingerprint density at radius 3 is 2.45 bits per heavy atom. The molecule has 0 saturated carbocycles. The zero-order chi connectivity index (χ0) is 23.4. The molecule has 1 aromatic heterocycles. The van der Waals surface area contributed by atoms with Crippen LogP contribution in [-0.2, 0) is 0 Å². The summed E-state index contributed by atoms with van der Waals surface area (Å²) in [7, 11) is 1.64. The van der Waals surface area contributed by atoms with Crippen LogP contribution in [0.1, 0.15) is 36.6 Å². The van der Waals surface area contributed by atoms with Gasteiger partial charge in [0.2, 0.25) is 11.8 Å². The molecule has 4 rings (SSSR count). The normalized spacial score (nSPS) is 15.2. The van der Waals surface area contributed by atoms with Gasteiger partial charge in [0.15, 0.2) is 0 Å². The lowest BCUT2D eigenvalue weighted by Crippen LogP contribution is -2.22. The summed E-state index contributed by atoms with van der Waals surface area (Å²) in [6.45, 7) is 7.68. The first-order valence-corrected chi connectivity index (χ1v) is 11.0. The Kier molecular flexibility index (Phi) is 6.45. The molecule has 0 aliphatic carbocycles. The van der Waals surface area contributed by atoms with Crippen molar-refractivity contribution in [3.8, 4) is 23.4 Å². The fourth-order valence-corrected chi connectivity index (χ4v) is 3.97. The summed E-state index contributed by atoms with van der Waals surface area (Å²) in [5, 5.41) is 15.0. The van der Waals surface area contributed by atoms with Crippen LogP contribution in [0.15, 0.2) is 71.0 Å². The number of fused-ring (bicyclic) bond motifs is 1. The molecule has 1 aliphatic rings. The van der Waals surface area contributed by atoms with E-state index in [0.29, 0.717) is 11.5 Å². The molecule has 0 N–H and O–H groups in total. The Morgan fingerprint density at radius 2 is 1.85 bits per heavy atom. The first-order chi connectivity index (χ1) is 16.1. The lowest BCUT2D eigenvalue weighted by molar-refractivity contribution is 0.365. The van der Waals surface area contributed by atoms with E-state index in [1.54, 1.807) is 18.1 Å². The summed E-state index contributed by atoms with van der Waals surface area (Å²) in [6, 6.07) is 19.9. The Hall–Kier alpha value is -4.05. The Balaban J connectivity index is 1.92. The average molecular weight is 442 g/mol. The van der Waals surface area contributed by atoms with E-state index in [-0.39, 0.29) is 11.8 Å². The van der Waals surface area contributed by atoms with Crippen LogP contribution in [0.2, 0.25) is 0 Å². The second kappa shape index (κ2) is 9.61. The smallest absolute Gasteiger partial charge is 0.237 e. The summed E-state index contributed by atoms with van der Waals surface area (Å²) >= 11 is 0. The molecule has 33 heavy (non-hydrogen) atoms. The number of ether oxygens (including phenoxy) is 2. The summed E-state index contributed by atoms with van der Waals surface area (Å²) in [4.78, 5) is 6.64. The van der Waals surface area contributed by atoms with Crippen LogP contribution in [0.5, 0.6) is 11.6 Å². The number of methoxy groups -OCH3 is 1. The van der Waals surface area contributed by atoms with Crippen LogP contribution in [0.4, 0.5) is 0 Å². The molecule has 1 unspecified atom stereocenters. The second-order valence-corrected chi connectivity index (χ2v) is 7.66. The molecular weight excluding hydrogens is 414 g/mol.